The van der Waals surface area contributed by atoms with E-state index < -0.39 is 0 Å². The summed E-state index contributed by atoms with van der Waals surface area (Å²) in [6, 6.07) is 64.9. The Kier molecular flexibility index (Phi) is 6.28. The maximum absolute atomic E-state index is 6.77. The molecule has 52 heavy (non-hydrogen) atoms. The average molecular weight is 663 g/mol. The fourth-order valence-corrected chi connectivity index (χ4v) is 8.41. The quantitative estimate of drug-likeness (QED) is 0.175. The van der Waals surface area contributed by atoms with Crippen molar-refractivity contribution in [2.45, 2.75) is 0 Å². The summed E-state index contributed by atoms with van der Waals surface area (Å²) in [5.41, 5.74) is 12.8. The summed E-state index contributed by atoms with van der Waals surface area (Å²) in [4.78, 5) is 0. The van der Waals surface area contributed by atoms with Crippen LogP contribution in [0.15, 0.2) is 191 Å². The first-order chi connectivity index (χ1) is 25.8. The lowest BCUT2D eigenvalue weighted by Crippen LogP contribution is -1.93. The highest BCUT2D eigenvalue weighted by molar-refractivity contribution is 6.26. The zero-order chi connectivity index (χ0) is 34.2. The SMILES string of the molecule is c1ccc(-c2cc(-c3c4ccccc4c(-c4ccccc4-c4cccc5c4oc4ccccc45)c4ccccc34)c3oc4ccccc4c3c2)cc1. The van der Waals surface area contributed by atoms with Crippen LogP contribution in [-0.4, -0.2) is 0 Å². The van der Waals surface area contributed by atoms with Crippen LogP contribution in [0.5, 0.6) is 0 Å². The van der Waals surface area contributed by atoms with Gasteiger partial charge in [0.15, 0.2) is 0 Å². The molecule has 0 amide bonds. The molecule has 242 valence electrons. The summed E-state index contributed by atoms with van der Waals surface area (Å²) in [5.74, 6) is 0. The van der Waals surface area contributed by atoms with Gasteiger partial charge in [-0.05, 0) is 73.6 Å². The fourth-order valence-electron chi connectivity index (χ4n) is 8.41. The number of hydrogen-bond acceptors (Lipinski definition) is 2. The second kappa shape index (κ2) is 11.3. The Hall–Kier alpha value is -6.90. The Morgan fingerprint density at radius 2 is 0.692 bits per heavy atom. The molecule has 0 saturated carbocycles. The van der Waals surface area contributed by atoms with Crippen molar-refractivity contribution in [2.24, 2.45) is 0 Å². The maximum Gasteiger partial charge on any atom is 0.143 e. The van der Waals surface area contributed by atoms with Crippen molar-refractivity contribution >= 4 is 65.4 Å². The van der Waals surface area contributed by atoms with E-state index in [0.717, 1.165) is 66.1 Å². The van der Waals surface area contributed by atoms with Crippen LogP contribution in [0.3, 0.4) is 0 Å². The number of benzene rings is 9. The molecule has 0 aliphatic carbocycles. The van der Waals surface area contributed by atoms with Gasteiger partial charge in [-0.15, -0.1) is 0 Å². The molecule has 2 aromatic heterocycles. The third-order valence-corrected chi connectivity index (χ3v) is 10.7. The minimum Gasteiger partial charge on any atom is -0.455 e. The lowest BCUT2D eigenvalue weighted by atomic mass is 9.83. The van der Waals surface area contributed by atoms with Crippen LogP contribution >= 0.6 is 0 Å². The summed E-state index contributed by atoms with van der Waals surface area (Å²) in [6.07, 6.45) is 0. The Bertz CT molecular complexity index is 3120. The molecule has 0 spiro atoms. The van der Waals surface area contributed by atoms with E-state index in [0.29, 0.717) is 0 Å². The second-order valence-corrected chi connectivity index (χ2v) is 13.5. The van der Waals surface area contributed by atoms with Crippen molar-refractivity contribution in [1.82, 2.24) is 0 Å². The molecule has 0 atom stereocenters. The van der Waals surface area contributed by atoms with Crippen LogP contribution in [0.1, 0.15) is 0 Å². The number of furan rings is 2. The zero-order valence-corrected chi connectivity index (χ0v) is 28.1. The van der Waals surface area contributed by atoms with Gasteiger partial charge in [-0.2, -0.15) is 0 Å². The summed E-state index contributed by atoms with van der Waals surface area (Å²) in [6.45, 7) is 0. The van der Waals surface area contributed by atoms with E-state index in [1.807, 2.05) is 12.1 Å². The molecule has 2 heterocycles. The smallest absolute Gasteiger partial charge is 0.143 e. The largest absolute Gasteiger partial charge is 0.455 e. The van der Waals surface area contributed by atoms with Gasteiger partial charge in [0, 0.05) is 38.2 Å². The summed E-state index contributed by atoms with van der Waals surface area (Å²) in [5, 5.41) is 9.24. The van der Waals surface area contributed by atoms with Crippen LogP contribution in [0.2, 0.25) is 0 Å². The molecule has 0 fully saturated rings. The molecule has 0 aliphatic rings. The monoisotopic (exact) mass is 662 g/mol. The van der Waals surface area contributed by atoms with Crippen molar-refractivity contribution in [2.75, 3.05) is 0 Å². The highest BCUT2D eigenvalue weighted by Gasteiger charge is 2.23. The maximum atomic E-state index is 6.77. The van der Waals surface area contributed by atoms with Crippen LogP contribution in [0.4, 0.5) is 0 Å². The first kappa shape index (κ1) is 28.9. The normalized spacial score (nSPS) is 11.8. The number of para-hydroxylation sites is 3. The van der Waals surface area contributed by atoms with Crippen LogP contribution in [-0.2, 0) is 0 Å². The second-order valence-electron chi connectivity index (χ2n) is 13.5. The van der Waals surface area contributed by atoms with E-state index >= 15 is 0 Å². The molecule has 9 aromatic carbocycles. The zero-order valence-electron chi connectivity index (χ0n) is 28.1. The van der Waals surface area contributed by atoms with Gasteiger partial charge in [0.2, 0.25) is 0 Å². The highest BCUT2D eigenvalue weighted by atomic mass is 16.3. The van der Waals surface area contributed by atoms with Gasteiger partial charge in [0.25, 0.3) is 0 Å². The molecule has 0 bridgehead atoms. The summed E-state index contributed by atoms with van der Waals surface area (Å²) < 4.78 is 13.4. The molecule has 0 aliphatic heterocycles. The lowest BCUT2D eigenvalue weighted by Gasteiger charge is -2.20. The van der Waals surface area contributed by atoms with Gasteiger partial charge in [0.05, 0.1) is 0 Å². The fraction of sp³-hybridized carbons (Fsp3) is 0. The molecule has 0 N–H and O–H groups in total. The highest BCUT2D eigenvalue weighted by Crippen LogP contribution is 2.50. The van der Waals surface area contributed by atoms with E-state index in [2.05, 4.69) is 170 Å². The molecule has 11 rings (SSSR count). The average Bonchev–Trinajstić information content (AvgIpc) is 3.79. The molecular formula is C50H30O2. The van der Waals surface area contributed by atoms with Crippen LogP contribution in [0.25, 0.3) is 110 Å². The molecule has 2 nitrogen and oxygen atoms in total. The third-order valence-electron chi connectivity index (χ3n) is 10.7. The van der Waals surface area contributed by atoms with Gasteiger partial charge >= 0.3 is 0 Å². The van der Waals surface area contributed by atoms with E-state index in [1.54, 1.807) is 0 Å². The van der Waals surface area contributed by atoms with Crippen molar-refractivity contribution in [3.8, 4) is 44.5 Å². The Morgan fingerprint density at radius 1 is 0.250 bits per heavy atom. The van der Waals surface area contributed by atoms with Crippen LogP contribution < -0.4 is 0 Å². The van der Waals surface area contributed by atoms with Crippen molar-refractivity contribution in [3.05, 3.63) is 182 Å². The minimum atomic E-state index is 0.892. The predicted molar refractivity (Wildman–Crippen MR) is 218 cm³/mol. The van der Waals surface area contributed by atoms with E-state index in [1.165, 1.54) is 43.8 Å². The van der Waals surface area contributed by atoms with Gasteiger partial charge in [-0.3, -0.25) is 0 Å². The standard InChI is InChI=1S/C50H30O2/c1-2-15-31(16-3-1)32-29-43-35-19-11-13-28-46(35)52-50(43)44(30-32)48-39-23-8-6-21-37(39)47(38-22-7-9-24-40(38)48)36-20-5-4-17-33(36)41-25-14-26-42-34-18-10-12-27-45(34)51-49(41)42/h1-30H. The number of fused-ring (bicyclic) bond motifs is 8. The van der Waals surface area contributed by atoms with E-state index in [-0.39, 0.29) is 0 Å². The molecular weight excluding hydrogens is 633 g/mol. The minimum absolute atomic E-state index is 0.892. The topological polar surface area (TPSA) is 26.3 Å². The van der Waals surface area contributed by atoms with Crippen molar-refractivity contribution in [1.29, 1.82) is 0 Å². The van der Waals surface area contributed by atoms with Gasteiger partial charge in [-0.1, -0.05) is 158 Å². The van der Waals surface area contributed by atoms with Crippen molar-refractivity contribution in [3.63, 3.8) is 0 Å². The van der Waals surface area contributed by atoms with Gasteiger partial charge in [-0.25, -0.2) is 0 Å². The van der Waals surface area contributed by atoms with Crippen molar-refractivity contribution < 1.29 is 8.83 Å². The molecule has 2 heteroatoms. The first-order valence-electron chi connectivity index (χ1n) is 17.8. The molecule has 11 aromatic rings. The molecule has 0 radical (unpaired) electrons. The Balaban J connectivity index is 1.25. The Morgan fingerprint density at radius 3 is 1.33 bits per heavy atom. The summed E-state index contributed by atoms with van der Waals surface area (Å²) in [7, 11) is 0. The van der Waals surface area contributed by atoms with Gasteiger partial charge < -0.3 is 8.83 Å². The van der Waals surface area contributed by atoms with Crippen LogP contribution in [0, 0.1) is 0 Å². The predicted octanol–water partition coefficient (Wildman–Crippen LogP) is 14.5. The van der Waals surface area contributed by atoms with Gasteiger partial charge in [0.1, 0.15) is 22.3 Å². The number of hydrogen-bond donors (Lipinski definition) is 0. The first-order valence-corrected chi connectivity index (χ1v) is 17.8. The molecule has 0 unspecified atom stereocenters. The van der Waals surface area contributed by atoms with E-state index in [9.17, 15) is 0 Å². The summed E-state index contributed by atoms with van der Waals surface area (Å²) >= 11 is 0. The third kappa shape index (κ3) is 4.25. The molecule has 0 saturated heterocycles. The lowest BCUT2D eigenvalue weighted by molar-refractivity contribution is 0.669. The number of rotatable bonds is 4. The van der Waals surface area contributed by atoms with E-state index in [4.69, 9.17) is 8.83 Å². The Labute approximate surface area is 299 Å².